The van der Waals surface area contributed by atoms with Gasteiger partial charge in [-0.25, -0.2) is 4.79 Å². The van der Waals surface area contributed by atoms with E-state index in [4.69, 9.17) is 10.8 Å². The Balaban J connectivity index is 0.000000531. The summed E-state index contributed by atoms with van der Waals surface area (Å²) in [7, 11) is 0. The quantitative estimate of drug-likeness (QED) is 0.743. The van der Waals surface area contributed by atoms with Crippen molar-refractivity contribution in [3.05, 3.63) is 34.9 Å². The molecule has 3 N–H and O–H groups in total. The molecule has 0 amide bonds. The van der Waals surface area contributed by atoms with E-state index in [9.17, 15) is 4.79 Å². The Hall–Kier alpha value is -1.35. The third-order valence-electron chi connectivity index (χ3n) is 2.52. The van der Waals surface area contributed by atoms with E-state index >= 15 is 0 Å². The number of fused-ring (bicyclic) bond motifs is 1. The topological polar surface area (TPSA) is 63.3 Å². The molecule has 0 aromatic heterocycles. The van der Waals surface area contributed by atoms with E-state index in [0.29, 0.717) is 5.56 Å². The van der Waals surface area contributed by atoms with E-state index in [2.05, 4.69) is 0 Å². The molecule has 0 saturated carbocycles. The molecule has 3 heteroatoms. The van der Waals surface area contributed by atoms with Crippen LogP contribution in [0.3, 0.4) is 0 Å². The molecule has 0 radical (unpaired) electrons. The van der Waals surface area contributed by atoms with Crippen LogP contribution >= 0.6 is 0 Å². The van der Waals surface area contributed by atoms with E-state index in [0.717, 1.165) is 18.4 Å². The van der Waals surface area contributed by atoms with Crippen LogP contribution in [0.4, 0.5) is 0 Å². The Morgan fingerprint density at radius 1 is 1.47 bits per heavy atom. The minimum Gasteiger partial charge on any atom is -0.478 e. The van der Waals surface area contributed by atoms with Crippen LogP contribution in [-0.4, -0.2) is 11.1 Å². The molecule has 0 bridgehead atoms. The predicted molar refractivity (Wildman–Crippen MR) is 60.0 cm³/mol. The van der Waals surface area contributed by atoms with Crippen LogP contribution in [0, 0.1) is 0 Å². The molecule has 1 aromatic rings. The first-order valence-corrected chi connectivity index (χ1v) is 5.30. The molecule has 1 atom stereocenters. The van der Waals surface area contributed by atoms with Gasteiger partial charge in [0.25, 0.3) is 0 Å². The van der Waals surface area contributed by atoms with Crippen molar-refractivity contribution >= 4 is 5.97 Å². The van der Waals surface area contributed by atoms with E-state index < -0.39 is 5.97 Å². The highest BCUT2D eigenvalue weighted by Crippen LogP contribution is 2.29. The van der Waals surface area contributed by atoms with Gasteiger partial charge in [-0.2, -0.15) is 0 Å². The first-order chi connectivity index (χ1) is 7.18. The maximum absolute atomic E-state index is 10.7. The van der Waals surface area contributed by atoms with Crippen LogP contribution in [0.5, 0.6) is 0 Å². The van der Waals surface area contributed by atoms with Gasteiger partial charge in [-0.1, -0.05) is 19.9 Å². The lowest BCUT2D eigenvalue weighted by atomic mass is 10.0. The second-order valence-electron chi connectivity index (χ2n) is 3.36. The van der Waals surface area contributed by atoms with Gasteiger partial charge in [0.2, 0.25) is 0 Å². The van der Waals surface area contributed by atoms with Gasteiger partial charge in [0.1, 0.15) is 0 Å². The zero-order valence-electron chi connectivity index (χ0n) is 9.16. The summed E-state index contributed by atoms with van der Waals surface area (Å²) in [6.07, 6.45) is 1.90. The fourth-order valence-electron chi connectivity index (χ4n) is 1.77. The summed E-state index contributed by atoms with van der Waals surface area (Å²) in [5.74, 6) is -0.887. The van der Waals surface area contributed by atoms with Crippen molar-refractivity contribution in [3.8, 4) is 0 Å². The fourth-order valence-corrected chi connectivity index (χ4v) is 1.77. The molecular formula is C12H17NO2. The number of carboxylic acid groups (broad SMARTS) is 1. The number of aryl methyl sites for hydroxylation is 1. The van der Waals surface area contributed by atoms with Crippen molar-refractivity contribution in [2.75, 3.05) is 0 Å². The van der Waals surface area contributed by atoms with Gasteiger partial charge in [-0.05, 0) is 36.1 Å². The Morgan fingerprint density at radius 2 is 2.13 bits per heavy atom. The Morgan fingerprint density at radius 3 is 2.73 bits per heavy atom. The van der Waals surface area contributed by atoms with Crippen molar-refractivity contribution < 1.29 is 9.90 Å². The van der Waals surface area contributed by atoms with Gasteiger partial charge in [0.05, 0.1) is 5.56 Å². The third kappa shape index (κ3) is 2.36. The molecule has 0 fully saturated rings. The summed E-state index contributed by atoms with van der Waals surface area (Å²) in [5.41, 5.74) is 8.34. The van der Waals surface area contributed by atoms with Gasteiger partial charge >= 0.3 is 5.97 Å². The summed E-state index contributed by atoms with van der Waals surface area (Å²) >= 11 is 0. The molecule has 1 aromatic carbocycles. The number of carbonyl (C=O) groups is 1. The lowest BCUT2D eigenvalue weighted by Gasteiger charge is -2.04. The molecule has 1 aliphatic rings. The predicted octanol–water partition coefficient (Wildman–Crippen LogP) is 2.36. The van der Waals surface area contributed by atoms with Crippen molar-refractivity contribution in [2.24, 2.45) is 5.73 Å². The van der Waals surface area contributed by atoms with E-state index in [1.165, 1.54) is 5.56 Å². The highest BCUT2D eigenvalue weighted by Gasteiger charge is 2.19. The van der Waals surface area contributed by atoms with Crippen molar-refractivity contribution in [1.82, 2.24) is 0 Å². The molecule has 82 valence electrons. The highest BCUT2D eigenvalue weighted by molar-refractivity contribution is 5.88. The first kappa shape index (κ1) is 11.7. The zero-order valence-corrected chi connectivity index (χ0v) is 9.16. The molecule has 2 rings (SSSR count). The molecule has 0 heterocycles. The van der Waals surface area contributed by atoms with E-state index in [1.54, 1.807) is 12.1 Å². The van der Waals surface area contributed by atoms with Crippen LogP contribution in [0.25, 0.3) is 0 Å². The number of rotatable bonds is 1. The van der Waals surface area contributed by atoms with Crippen LogP contribution in [0.2, 0.25) is 0 Å². The number of hydrogen-bond donors (Lipinski definition) is 2. The molecule has 0 spiro atoms. The summed E-state index contributed by atoms with van der Waals surface area (Å²) in [6.45, 7) is 4.00. The minimum absolute atomic E-state index is 0.0225. The van der Waals surface area contributed by atoms with Gasteiger partial charge in [-0.3, -0.25) is 0 Å². The highest BCUT2D eigenvalue weighted by atomic mass is 16.4. The average Bonchev–Trinajstić information content (AvgIpc) is 2.63. The van der Waals surface area contributed by atoms with Crippen LogP contribution < -0.4 is 5.73 Å². The SMILES string of the molecule is CC.NC1CCc2ccc(C(=O)O)cc21. The monoisotopic (exact) mass is 207 g/mol. The molecule has 1 aliphatic carbocycles. The van der Waals surface area contributed by atoms with E-state index in [1.807, 2.05) is 19.9 Å². The number of carboxylic acids is 1. The summed E-state index contributed by atoms with van der Waals surface area (Å²) in [6, 6.07) is 5.22. The largest absolute Gasteiger partial charge is 0.478 e. The lowest BCUT2D eigenvalue weighted by Crippen LogP contribution is -2.06. The number of hydrogen-bond acceptors (Lipinski definition) is 2. The number of benzene rings is 1. The fraction of sp³-hybridized carbons (Fsp3) is 0.417. The normalized spacial score (nSPS) is 17.7. The van der Waals surface area contributed by atoms with Crippen LogP contribution in [0.15, 0.2) is 18.2 Å². The van der Waals surface area contributed by atoms with Crippen LogP contribution in [-0.2, 0) is 6.42 Å². The summed E-state index contributed by atoms with van der Waals surface area (Å²) < 4.78 is 0. The van der Waals surface area contributed by atoms with Gasteiger partial charge in [0.15, 0.2) is 0 Å². The number of nitrogens with two attached hydrogens (primary N) is 1. The Labute approximate surface area is 89.9 Å². The second kappa shape index (κ2) is 4.94. The van der Waals surface area contributed by atoms with Crippen molar-refractivity contribution in [2.45, 2.75) is 32.7 Å². The standard InChI is InChI=1S/C10H11NO2.C2H6/c11-9-4-3-6-1-2-7(10(12)13)5-8(6)9;1-2/h1-2,5,9H,3-4,11H2,(H,12,13);1-2H3. The number of aromatic carboxylic acids is 1. The lowest BCUT2D eigenvalue weighted by molar-refractivity contribution is 0.0697. The zero-order chi connectivity index (χ0) is 11.4. The molecule has 0 aliphatic heterocycles. The summed E-state index contributed by atoms with van der Waals surface area (Å²) in [5, 5.41) is 8.76. The maximum Gasteiger partial charge on any atom is 0.335 e. The second-order valence-corrected chi connectivity index (χ2v) is 3.36. The molecule has 3 nitrogen and oxygen atoms in total. The first-order valence-electron chi connectivity index (χ1n) is 5.30. The van der Waals surface area contributed by atoms with Crippen molar-refractivity contribution in [3.63, 3.8) is 0 Å². The molecule has 15 heavy (non-hydrogen) atoms. The van der Waals surface area contributed by atoms with Gasteiger partial charge in [0, 0.05) is 6.04 Å². The summed E-state index contributed by atoms with van der Waals surface area (Å²) in [4.78, 5) is 10.7. The molecular weight excluding hydrogens is 190 g/mol. The Bertz CT molecular complexity index is 361. The minimum atomic E-state index is -0.887. The van der Waals surface area contributed by atoms with Gasteiger partial charge < -0.3 is 10.8 Å². The smallest absolute Gasteiger partial charge is 0.335 e. The molecule has 0 saturated heterocycles. The maximum atomic E-state index is 10.7. The molecule has 1 unspecified atom stereocenters. The van der Waals surface area contributed by atoms with Crippen molar-refractivity contribution in [1.29, 1.82) is 0 Å². The van der Waals surface area contributed by atoms with Crippen LogP contribution in [0.1, 0.15) is 47.8 Å². The Kier molecular flexibility index (Phi) is 3.86. The average molecular weight is 207 g/mol. The van der Waals surface area contributed by atoms with Gasteiger partial charge in [-0.15, -0.1) is 0 Å². The van der Waals surface area contributed by atoms with E-state index in [-0.39, 0.29) is 6.04 Å². The third-order valence-corrected chi connectivity index (χ3v) is 2.52.